The summed E-state index contributed by atoms with van der Waals surface area (Å²) < 4.78 is 6.16. The fourth-order valence-electron chi connectivity index (χ4n) is 2.43. The quantitative estimate of drug-likeness (QED) is 0.328. The third-order valence-electron chi connectivity index (χ3n) is 3.73. The molecule has 0 bridgehead atoms. The van der Waals surface area contributed by atoms with Crippen molar-refractivity contribution in [2.24, 2.45) is 0 Å². The first-order valence-corrected chi connectivity index (χ1v) is 9.40. The molecule has 1 amide bonds. The van der Waals surface area contributed by atoms with E-state index in [4.69, 9.17) is 0 Å². The zero-order valence-electron chi connectivity index (χ0n) is 15.2. The summed E-state index contributed by atoms with van der Waals surface area (Å²) in [6, 6.07) is 7.12. The van der Waals surface area contributed by atoms with Gasteiger partial charge in [0.05, 0.1) is 23.8 Å². The van der Waals surface area contributed by atoms with Gasteiger partial charge < -0.3 is 10.1 Å². The molecule has 1 heterocycles. The number of benzene rings is 1. The number of methoxy groups -OCH3 is 1. The van der Waals surface area contributed by atoms with Crippen LogP contribution in [0.25, 0.3) is 10.9 Å². The zero-order chi connectivity index (χ0) is 19.1. The second-order valence-electron chi connectivity index (χ2n) is 6.00. The summed E-state index contributed by atoms with van der Waals surface area (Å²) in [4.78, 5) is 40.3. The van der Waals surface area contributed by atoms with Crippen molar-refractivity contribution >= 4 is 34.5 Å². The molecule has 0 unspecified atom stereocenters. The lowest BCUT2D eigenvalue weighted by Crippen LogP contribution is -2.28. The van der Waals surface area contributed by atoms with Gasteiger partial charge in [-0.25, -0.2) is 4.98 Å². The highest BCUT2D eigenvalue weighted by Crippen LogP contribution is 2.20. The van der Waals surface area contributed by atoms with Crippen molar-refractivity contribution in [3.8, 4) is 0 Å². The molecule has 140 valence electrons. The molecule has 1 aromatic heterocycles. The number of para-hydroxylation sites is 1. The normalized spacial score (nSPS) is 10.9. The minimum atomic E-state index is -0.296. The van der Waals surface area contributed by atoms with Gasteiger partial charge in [0.15, 0.2) is 5.16 Å². The molecule has 26 heavy (non-hydrogen) atoms. The van der Waals surface area contributed by atoms with Crippen LogP contribution in [0, 0.1) is 0 Å². The second-order valence-corrected chi connectivity index (χ2v) is 6.94. The fraction of sp³-hybridized carbons (Fsp3) is 0.444. The zero-order valence-corrected chi connectivity index (χ0v) is 16.0. The fourth-order valence-corrected chi connectivity index (χ4v) is 3.38. The van der Waals surface area contributed by atoms with Crippen LogP contribution in [0.1, 0.15) is 32.7 Å². The van der Waals surface area contributed by atoms with Crippen LogP contribution in [0.3, 0.4) is 0 Å². The number of fused-ring (bicyclic) bond motifs is 1. The standard InChI is InChI=1S/C18H23N3O4S/c1-12(2)21-17(24)13-7-4-5-8-14(13)20-18(21)26-11-15(22)19-10-6-9-16(23)25-3/h4-5,7-8,12H,6,9-11H2,1-3H3,(H,19,22). The largest absolute Gasteiger partial charge is 0.469 e. The molecule has 7 nitrogen and oxygen atoms in total. The number of rotatable bonds is 8. The molecule has 1 N–H and O–H groups in total. The molecule has 2 aromatic rings. The second kappa shape index (κ2) is 9.38. The Hall–Kier alpha value is -2.35. The van der Waals surface area contributed by atoms with E-state index in [-0.39, 0.29) is 35.7 Å². The van der Waals surface area contributed by atoms with E-state index in [1.54, 1.807) is 16.7 Å². The number of ether oxygens (including phenoxy) is 1. The van der Waals surface area contributed by atoms with E-state index in [0.717, 1.165) is 0 Å². The number of nitrogens with one attached hydrogen (secondary N) is 1. The van der Waals surface area contributed by atoms with E-state index in [1.165, 1.54) is 18.9 Å². The molecule has 0 fully saturated rings. The van der Waals surface area contributed by atoms with Crippen molar-refractivity contribution in [3.63, 3.8) is 0 Å². The number of carbonyl (C=O) groups excluding carboxylic acids is 2. The summed E-state index contributed by atoms with van der Waals surface area (Å²) in [7, 11) is 1.34. The van der Waals surface area contributed by atoms with Crippen LogP contribution in [0.4, 0.5) is 0 Å². The molecule has 0 atom stereocenters. The highest BCUT2D eigenvalue weighted by molar-refractivity contribution is 7.99. The smallest absolute Gasteiger partial charge is 0.305 e. The van der Waals surface area contributed by atoms with Gasteiger partial charge in [-0.05, 0) is 32.4 Å². The lowest BCUT2D eigenvalue weighted by Gasteiger charge is -2.16. The van der Waals surface area contributed by atoms with Crippen molar-refractivity contribution < 1.29 is 14.3 Å². The van der Waals surface area contributed by atoms with Gasteiger partial charge >= 0.3 is 5.97 Å². The van der Waals surface area contributed by atoms with Gasteiger partial charge in [0, 0.05) is 19.0 Å². The Kier molecular flexibility index (Phi) is 7.20. The van der Waals surface area contributed by atoms with E-state index in [9.17, 15) is 14.4 Å². The van der Waals surface area contributed by atoms with Crippen molar-refractivity contribution in [3.05, 3.63) is 34.6 Å². The third kappa shape index (κ3) is 5.08. The van der Waals surface area contributed by atoms with Crippen LogP contribution in [0.5, 0.6) is 0 Å². The average molecular weight is 377 g/mol. The lowest BCUT2D eigenvalue weighted by atomic mass is 10.2. The molecule has 2 rings (SSSR count). The minimum Gasteiger partial charge on any atom is -0.469 e. The van der Waals surface area contributed by atoms with Crippen LogP contribution >= 0.6 is 11.8 Å². The maximum Gasteiger partial charge on any atom is 0.305 e. The van der Waals surface area contributed by atoms with Crippen LogP contribution in [-0.4, -0.2) is 40.8 Å². The predicted molar refractivity (Wildman–Crippen MR) is 101 cm³/mol. The number of aromatic nitrogens is 2. The molecule has 0 aliphatic heterocycles. The topological polar surface area (TPSA) is 90.3 Å². The molecule has 0 spiro atoms. The Balaban J connectivity index is 2.03. The summed E-state index contributed by atoms with van der Waals surface area (Å²) in [6.45, 7) is 4.22. The Labute approximate surface area is 156 Å². The number of esters is 1. The van der Waals surface area contributed by atoms with Gasteiger partial charge in [0.1, 0.15) is 0 Å². The first kappa shape index (κ1) is 20.0. The van der Waals surface area contributed by atoms with E-state index in [1.807, 2.05) is 26.0 Å². The van der Waals surface area contributed by atoms with Gasteiger partial charge in [-0.3, -0.25) is 19.0 Å². The van der Waals surface area contributed by atoms with E-state index < -0.39 is 0 Å². The van der Waals surface area contributed by atoms with E-state index in [2.05, 4.69) is 15.0 Å². The first-order valence-electron chi connectivity index (χ1n) is 8.41. The van der Waals surface area contributed by atoms with Crippen LogP contribution < -0.4 is 10.9 Å². The van der Waals surface area contributed by atoms with Crippen LogP contribution in [0.2, 0.25) is 0 Å². The summed E-state index contributed by atoms with van der Waals surface area (Å²) in [5, 5.41) is 3.84. The minimum absolute atomic E-state index is 0.0646. The summed E-state index contributed by atoms with van der Waals surface area (Å²) >= 11 is 1.23. The average Bonchev–Trinajstić information content (AvgIpc) is 2.63. The summed E-state index contributed by atoms with van der Waals surface area (Å²) in [5.41, 5.74) is 0.516. The first-order chi connectivity index (χ1) is 12.4. The monoisotopic (exact) mass is 377 g/mol. The number of carbonyl (C=O) groups is 2. The molecular weight excluding hydrogens is 354 g/mol. The number of hydrogen-bond acceptors (Lipinski definition) is 6. The molecule has 1 aromatic carbocycles. The predicted octanol–water partition coefficient (Wildman–Crippen LogP) is 2.14. The van der Waals surface area contributed by atoms with Crippen molar-refractivity contribution in [1.82, 2.24) is 14.9 Å². The van der Waals surface area contributed by atoms with Gasteiger partial charge in [0.25, 0.3) is 5.56 Å². The van der Waals surface area contributed by atoms with Crippen molar-refractivity contribution in [1.29, 1.82) is 0 Å². The summed E-state index contributed by atoms with van der Waals surface area (Å²) in [5.74, 6) is -0.317. The molecule has 0 saturated heterocycles. The SMILES string of the molecule is COC(=O)CCCNC(=O)CSc1nc2ccccc2c(=O)n1C(C)C. The van der Waals surface area contributed by atoms with Crippen LogP contribution in [0.15, 0.2) is 34.2 Å². The number of thioether (sulfide) groups is 1. The molecular formula is C18H23N3O4S. The Morgan fingerprint density at radius 1 is 1.31 bits per heavy atom. The Morgan fingerprint density at radius 3 is 2.73 bits per heavy atom. The van der Waals surface area contributed by atoms with Gasteiger partial charge in [-0.2, -0.15) is 0 Å². The van der Waals surface area contributed by atoms with E-state index in [0.29, 0.717) is 29.0 Å². The van der Waals surface area contributed by atoms with E-state index >= 15 is 0 Å². The third-order valence-corrected chi connectivity index (χ3v) is 4.68. The highest BCUT2D eigenvalue weighted by Gasteiger charge is 2.15. The molecule has 0 aliphatic rings. The Morgan fingerprint density at radius 2 is 2.04 bits per heavy atom. The summed E-state index contributed by atoms with van der Waals surface area (Å²) in [6.07, 6.45) is 0.789. The van der Waals surface area contributed by atoms with Crippen molar-refractivity contribution in [2.75, 3.05) is 19.4 Å². The van der Waals surface area contributed by atoms with Gasteiger partial charge in [-0.15, -0.1) is 0 Å². The number of nitrogens with zero attached hydrogens (tertiary/aromatic N) is 2. The van der Waals surface area contributed by atoms with Gasteiger partial charge in [0.2, 0.25) is 5.91 Å². The van der Waals surface area contributed by atoms with Crippen molar-refractivity contribution in [2.45, 2.75) is 37.9 Å². The molecule has 0 aliphatic carbocycles. The number of hydrogen-bond donors (Lipinski definition) is 1. The highest BCUT2D eigenvalue weighted by atomic mass is 32.2. The maximum atomic E-state index is 12.7. The van der Waals surface area contributed by atoms with Gasteiger partial charge in [-0.1, -0.05) is 23.9 Å². The molecule has 8 heteroatoms. The maximum absolute atomic E-state index is 12.7. The lowest BCUT2D eigenvalue weighted by molar-refractivity contribution is -0.140. The number of amides is 1. The molecule has 0 saturated carbocycles. The Bertz CT molecular complexity index is 848. The molecule has 0 radical (unpaired) electrons. The van der Waals surface area contributed by atoms with Crippen LogP contribution in [-0.2, 0) is 14.3 Å².